The molecule has 3 aromatic rings. The van der Waals surface area contributed by atoms with Gasteiger partial charge in [0.2, 0.25) is 5.91 Å². The molecule has 0 spiro atoms. The topological polar surface area (TPSA) is 100 Å². The maximum absolute atomic E-state index is 13.8. The monoisotopic (exact) mass is 525 g/mol. The average Bonchev–Trinajstić information content (AvgIpc) is 2.92. The molecule has 0 heterocycles. The Labute approximate surface area is 217 Å². The van der Waals surface area contributed by atoms with Gasteiger partial charge in [0.05, 0.1) is 26.2 Å². The summed E-state index contributed by atoms with van der Waals surface area (Å²) in [5, 5.41) is 2.67. The molecule has 37 heavy (non-hydrogen) atoms. The number of ether oxygens (including phenoxy) is 1. The Hall–Kier alpha value is -3.29. The van der Waals surface area contributed by atoms with Gasteiger partial charge >= 0.3 is 13.8 Å². The molecule has 9 heteroatoms. The summed E-state index contributed by atoms with van der Waals surface area (Å²) in [5.74, 6) is -0.966. The maximum Gasteiger partial charge on any atom is 0.476 e. The third kappa shape index (κ3) is 10.3. The van der Waals surface area contributed by atoms with Crippen molar-refractivity contribution in [2.75, 3.05) is 13.2 Å². The molecule has 0 aliphatic heterocycles. The maximum atomic E-state index is 13.8. The number of amides is 1. The lowest BCUT2D eigenvalue weighted by Gasteiger charge is -2.24. The molecule has 3 aromatic carbocycles. The number of benzene rings is 3. The number of esters is 1. The van der Waals surface area contributed by atoms with Crippen LogP contribution in [-0.4, -0.2) is 31.1 Å². The summed E-state index contributed by atoms with van der Waals surface area (Å²) in [6, 6.07) is 27.6. The van der Waals surface area contributed by atoms with Crippen molar-refractivity contribution >= 4 is 19.7 Å². The predicted molar refractivity (Wildman–Crippen MR) is 139 cm³/mol. The highest BCUT2D eigenvalue weighted by atomic mass is 31.2. The number of hydrogen-bond acceptors (Lipinski definition) is 7. The average molecular weight is 526 g/mol. The van der Waals surface area contributed by atoms with Crippen LogP contribution in [0.5, 0.6) is 0 Å². The van der Waals surface area contributed by atoms with Crippen LogP contribution in [0, 0.1) is 0 Å². The Balaban J connectivity index is 1.76. The molecule has 0 aliphatic carbocycles. The number of phosphoric acid groups is 1. The first-order valence-corrected chi connectivity index (χ1v) is 13.6. The van der Waals surface area contributed by atoms with E-state index in [-0.39, 0.29) is 39.2 Å². The Morgan fingerprint density at radius 3 is 1.76 bits per heavy atom. The van der Waals surface area contributed by atoms with Crippen molar-refractivity contribution in [3.05, 3.63) is 108 Å². The van der Waals surface area contributed by atoms with Crippen LogP contribution in [0.25, 0.3) is 0 Å². The van der Waals surface area contributed by atoms with Crippen LogP contribution in [0.2, 0.25) is 0 Å². The van der Waals surface area contributed by atoms with Crippen molar-refractivity contribution in [1.82, 2.24) is 5.32 Å². The summed E-state index contributed by atoms with van der Waals surface area (Å²) < 4.78 is 35.9. The highest BCUT2D eigenvalue weighted by molar-refractivity contribution is 7.48. The van der Waals surface area contributed by atoms with Gasteiger partial charge in [-0.1, -0.05) is 91.0 Å². The van der Waals surface area contributed by atoms with E-state index < -0.39 is 25.8 Å². The van der Waals surface area contributed by atoms with E-state index in [9.17, 15) is 14.2 Å². The number of hydrogen-bond donors (Lipinski definition) is 1. The minimum Gasteiger partial charge on any atom is -0.466 e. The Morgan fingerprint density at radius 2 is 1.27 bits per heavy atom. The van der Waals surface area contributed by atoms with E-state index >= 15 is 0 Å². The SMILES string of the molecule is CCOC(=O)CCNC(=O)[C@H](Cc1ccccc1)OP(=O)(OCc1ccccc1)OCc1ccccc1. The molecule has 0 unspecified atom stereocenters. The summed E-state index contributed by atoms with van der Waals surface area (Å²) in [6.45, 7) is 1.95. The zero-order valence-corrected chi connectivity index (χ0v) is 21.7. The largest absolute Gasteiger partial charge is 0.476 e. The summed E-state index contributed by atoms with van der Waals surface area (Å²) in [4.78, 5) is 24.8. The lowest BCUT2D eigenvalue weighted by Crippen LogP contribution is -2.38. The third-order valence-corrected chi connectivity index (χ3v) is 6.61. The van der Waals surface area contributed by atoms with Gasteiger partial charge in [-0.2, -0.15) is 0 Å². The molecule has 0 aliphatic rings. The lowest BCUT2D eigenvalue weighted by atomic mass is 10.1. The normalized spacial score (nSPS) is 12.0. The number of carbonyl (C=O) groups is 2. The lowest BCUT2D eigenvalue weighted by molar-refractivity contribution is -0.143. The molecule has 0 fully saturated rings. The molecule has 196 valence electrons. The zero-order chi connectivity index (χ0) is 26.3. The molecular weight excluding hydrogens is 493 g/mol. The first-order chi connectivity index (χ1) is 18.0. The third-order valence-electron chi connectivity index (χ3n) is 5.21. The van der Waals surface area contributed by atoms with E-state index in [4.69, 9.17) is 18.3 Å². The Kier molecular flexibility index (Phi) is 11.5. The van der Waals surface area contributed by atoms with Crippen LogP contribution in [-0.2, 0) is 52.1 Å². The number of nitrogens with one attached hydrogen (secondary N) is 1. The van der Waals surface area contributed by atoms with Gasteiger partial charge in [0.1, 0.15) is 0 Å². The molecule has 0 bridgehead atoms. The Morgan fingerprint density at radius 1 is 0.784 bits per heavy atom. The van der Waals surface area contributed by atoms with E-state index in [0.717, 1.165) is 16.7 Å². The zero-order valence-electron chi connectivity index (χ0n) is 20.8. The van der Waals surface area contributed by atoms with Gasteiger partial charge in [0, 0.05) is 13.0 Å². The molecule has 3 rings (SSSR count). The van der Waals surface area contributed by atoms with Crippen molar-refractivity contribution < 1.29 is 32.5 Å². The van der Waals surface area contributed by atoms with E-state index in [1.165, 1.54) is 0 Å². The molecule has 0 saturated heterocycles. The summed E-state index contributed by atoms with van der Waals surface area (Å²) in [5.41, 5.74) is 2.34. The first kappa shape index (κ1) is 28.3. The molecular formula is C28H32NO7P. The minimum absolute atomic E-state index is 0.00428. The van der Waals surface area contributed by atoms with Gasteiger partial charge in [0.25, 0.3) is 0 Å². The highest BCUT2D eigenvalue weighted by Crippen LogP contribution is 2.52. The molecule has 0 saturated carbocycles. The molecule has 0 radical (unpaired) electrons. The number of phosphoric ester groups is 1. The van der Waals surface area contributed by atoms with E-state index in [2.05, 4.69) is 5.32 Å². The fourth-order valence-electron chi connectivity index (χ4n) is 3.35. The van der Waals surface area contributed by atoms with Gasteiger partial charge in [-0.25, -0.2) is 4.57 Å². The summed E-state index contributed by atoms with van der Waals surface area (Å²) in [7, 11) is -4.21. The van der Waals surface area contributed by atoms with Crippen LogP contribution in [0.4, 0.5) is 0 Å². The molecule has 1 amide bonds. The second-order valence-corrected chi connectivity index (χ2v) is 9.72. The fourth-order valence-corrected chi connectivity index (χ4v) is 4.64. The van der Waals surface area contributed by atoms with Crippen LogP contribution < -0.4 is 5.32 Å². The van der Waals surface area contributed by atoms with Gasteiger partial charge in [-0.05, 0) is 23.6 Å². The highest BCUT2D eigenvalue weighted by Gasteiger charge is 2.35. The molecule has 1 atom stereocenters. The van der Waals surface area contributed by atoms with Crippen molar-refractivity contribution in [3.63, 3.8) is 0 Å². The van der Waals surface area contributed by atoms with E-state index in [0.29, 0.717) is 0 Å². The predicted octanol–water partition coefficient (Wildman–Crippen LogP) is 5.23. The standard InChI is InChI=1S/C28H32NO7P/c1-2-33-27(30)18-19-29-28(31)26(20-23-12-6-3-7-13-23)36-37(32,34-21-24-14-8-4-9-15-24)35-22-25-16-10-5-11-17-25/h3-17,26H,2,18-22H2,1H3,(H,29,31)/t26-/m0/s1. The fraction of sp³-hybridized carbons (Fsp3) is 0.286. The van der Waals surface area contributed by atoms with E-state index in [1.807, 2.05) is 91.0 Å². The van der Waals surface area contributed by atoms with Gasteiger partial charge < -0.3 is 10.1 Å². The minimum atomic E-state index is -4.21. The van der Waals surface area contributed by atoms with Crippen LogP contribution in [0.1, 0.15) is 30.0 Å². The first-order valence-electron chi connectivity index (χ1n) is 12.1. The molecule has 1 N–H and O–H groups in total. The summed E-state index contributed by atoms with van der Waals surface area (Å²) >= 11 is 0. The van der Waals surface area contributed by atoms with Crippen LogP contribution >= 0.6 is 7.82 Å². The second kappa shape index (κ2) is 15.1. The van der Waals surface area contributed by atoms with Crippen molar-refractivity contribution in [3.8, 4) is 0 Å². The van der Waals surface area contributed by atoms with Gasteiger partial charge in [0.15, 0.2) is 6.10 Å². The van der Waals surface area contributed by atoms with E-state index in [1.54, 1.807) is 6.92 Å². The van der Waals surface area contributed by atoms with Gasteiger partial charge in [-0.15, -0.1) is 0 Å². The van der Waals surface area contributed by atoms with Crippen LogP contribution in [0.15, 0.2) is 91.0 Å². The molecule has 0 aromatic heterocycles. The number of carbonyl (C=O) groups excluding carboxylic acids is 2. The Bertz CT molecular complexity index is 1100. The molecule has 8 nitrogen and oxygen atoms in total. The smallest absolute Gasteiger partial charge is 0.466 e. The summed E-state index contributed by atoms with van der Waals surface area (Å²) in [6.07, 6.45) is -1.06. The van der Waals surface area contributed by atoms with Crippen molar-refractivity contribution in [2.45, 2.75) is 39.1 Å². The number of rotatable bonds is 15. The quantitative estimate of drug-likeness (QED) is 0.214. The van der Waals surface area contributed by atoms with Crippen molar-refractivity contribution in [1.29, 1.82) is 0 Å². The van der Waals surface area contributed by atoms with Crippen LogP contribution in [0.3, 0.4) is 0 Å². The van der Waals surface area contributed by atoms with Gasteiger partial charge in [-0.3, -0.25) is 23.2 Å². The second-order valence-electron chi connectivity index (χ2n) is 8.10. The van der Waals surface area contributed by atoms with Crippen molar-refractivity contribution in [2.24, 2.45) is 0 Å².